The summed E-state index contributed by atoms with van der Waals surface area (Å²) >= 11 is 0. The summed E-state index contributed by atoms with van der Waals surface area (Å²) in [6, 6.07) is 3.59. The smallest absolute Gasteiger partial charge is 0.340 e. The molecule has 0 radical (unpaired) electrons. The third kappa shape index (κ3) is 3.69. The van der Waals surface area contributed by atoms with Crippen LogP contribution in [-0.2, 0) is 9.53 Å². The molecule has 1 aliphatic rings. The minimum absolute atomic E-state index is 0.0707. The first kappa shape index (κ1) is 14.3. The highest BCUT2D eigenvalue weighted by Crippen LogP contribution is 2.17. The molecule has 0 aliphatic heterocycles. The topological polar surface area (TPSA) is 81.4 Å². The van der Waals surface area contributed by atoms with Crippen LogP contribution in [0.5, 0.6) is 0 Å². The molecule has 1 aromatic rings. The largest absolute Gasteiger partial charge is 0.452 e. The lowest BCUT2D eigenvalue weighted by Crippen LogP contribution is -2.35. The molecule has 2 rings (SSSR count). The normalized spacial score (nSPS) is 15.1. The molecule has 1 aromatic carbocycles. The number of ether oxygens (including phenoxy) is 1. The van der Waals surface area contributed by atoms with Gasteiger partial charge in [0.1, 0.15) is 5.82 Å². The maximum Gasteiger partial charge on any atom is 0.340 e. The number of halogens is 1. The molecule has 1 aliphatic carbocycles. The highest BCUT2D eigenvalue weighted by atomic mass is 19.1. The van der Waals surface area contributed by atoms with Crippen molar-refractivity contribution in [1.82, 2.24) is 5.32 Å². The molecular formula is C14H17FN2O3. The van der Waals surface area contributed by atoms with Crippen molar-refractivity contribution in [2.24, 2.45) is 0 Å². The van der Waals surface area contributed by atoms with Crippen LogP contribution in [0.15, 0.2) is 18.2 Å². The second-order valence-corrected chi connectivity index (χ2v) is 4.86. The lowest BCUT2D eigenvalue weighted by molar-refractivity contribution is -0.124. The van der Waals surface area contributed by atoms with Gasteiger partial charge in [-0.15, -0.1) is 0 Å². The minimum atomic E-state index is -0.802. The Hall–Kier alpha value is -2.11. The van der Waals surface area contributed by atoms with E-state index in [1.807, 2.05) is 0 Å². The number of nitrogens with two attached hydrogens (primary N) is 1. The highest BCUT2D eigenvalue weighted by molar-refractivity contribution is 5.96. The summed E-state index contributed by atoms with van der Waals surface area (Å²) in [6.07, 6.45) is 4.11. The second kappa shape index (κ2) is 6.36. The first-order valence-electron chi connectivity index (χ1n) is 6.58. The quantitative estimate of drug-likeness (QED) is 0.648. The molecule has 5 nitrogen and oxygen atoms in total. The molecule has 6 heteroatoms. The van der Waals surface area contributed by atoms with Gasteiger partial charge in [-0.3, -0.25) is 4.79 Å². The van der Waals surface area contributed by atoms with Gasteiger partial charge in [0.25, 0.3) is 5.91 Å². The van der Waals surface area contributed by atoms with E-state index in [4.69, 9.17) is 10.5 Å². The summed E-state index contributed by atoms with van der Waals surface area (Å²) in [5.74, 6) is -1.73. The fraction of sp³-hybridized carbons (Fsp3) is 0.429. The van der Waals surface area contributed by atoms with Gasteiger partial charge in [0, 0.05) is 11.7 Å². The zero-order valence-corrected chi connectivity index (χ0v) is 11.0. The Balaban J connectivity index is 1.85. The van der Waals surface area contributed by atoms with Crippen LogP contribution in [0, 0.1) is 5.82 Å². The first-order chi connectivity index (χ1) is 9.56. The summed E-state index contributed by atoms with van der Waals surface area (Å²) in [6.45, 7) is -0.384. The zero-order chi connectivity index (χ0) is 14.5. The third-order valence-electron chi connectivity index (χ3n) is 3.29. The maximum atomic E-state index is 13.0. The summed E-state index contributed by atoms with van der Waals surface area (Å²) in [5, 5.41) is 2.79. The molecule has 3 N–H and O–H groups in total. The standard InChI is InChI=1S/C14H17FN2O3/c15-9-5-6-12(16)11(7-9)14(19)20-8-13(18)17-10-3-1-2-4-10/h5-7,10H,1-4,8,16H2,(H,17,18). The number of benzene rings is 1. The van der Waals surface area contributed by atoms with E-state index in [9.17, 15) is 14.0 Å². The molecule has 0 spiro atoms. The average Bonchev–Trinajstić information content (AvgIpc) is 2.91. The molecule has 1 fully saturated rings. The van der Waals surface area contributed by atoms with Crippen molar-refractivity contribution in [2.45, 2.75) is 31.7 Å². The molecule has 0 aromatic heterocycles. The lowest BCUT2D eigenvalue weighted by Gasteiger charge is -2.12. The monoisotopic (exact) mass is 280 g/mol. The van der Waals surface area contributed by atoms with Crippen LogP contribution in [-0.4, -0.2) is 24.5 Å². The molecule has 0 bridgehead atoms. The van der Waals surface area contributed by atoms with E-state index in [0.717, 1.165) is 37.8 Å². The number of anilines is 1. The van der Waals surface area contributed by atoms with E-state index in [1.165, 1.54) is 6.07 Å². The van der Waals surface area contributed by atoms with E-state index in [0.29, 0.717) is 0 Å². The van der Waals surface area contributed by atoms with Crippen LogP contribution in [0.25, 0.3) is 0 Å². The van der Waals surface area contributed by atoms with Gasteiger partial charge in [-0.05, 0) is 31.0 Å². The van der Waals surface area contributed by atoms with E-state index in [2.05, 4.69) is 5.32 Å². The summed E-state index contributed by atoms with van der Waals surface area (Å²) in [7, 11) is 0. The molecule has 20 heavy (non-hydrogen) atoms. The molecule has 108 valence electrons. The highest BCUT2D eigenvalue weighted by Gasteiger charge is 2.19. The zero-order valence-electron chi connectivity index (χ0n) is 11.0. The Morgan fingerprint density at radius 2 is 2.05 bits per heavy atom. The number of rotatable bonds is 4. The Morgan fingerprint density at radius 3 is 2.75 bits per heavy atom. The van der Waals surface area contributed by atoms with Crippen LogP contribution in [0.2, 0.25) is 0 Å². The predicted molar refractivity (Wildman–Crippen MR) is 71.5 cm³/mol. The molecule has 0 atom stereocenters. The van der Waals surface area contributed by atoms with Gasteiger partial charge in [0.05, 0.1) is 5.56 Å². The minimum Gasteiger partial charge on any atom is -0.452 e. The molecule has 1 amide bonds. The number of amides is 1. The van der Waals surface area contributed by atoms with Gasteiger partial charge in [-0.1, -0.05) is 12.8 Å². The summed E-state index contributed by atoms with van der Waals surface area (Å²) in [4.78, 5) is 23.3. The fourth-order valence-electron chi connectivity index (χ4n) is 2.25. The molecule has 0 saturated heterocycles. The van der Waals surface area contributed by atoms with Crippen LogP contribution in [0.1, 0.15) is 36.0 Å². The first-order valence-corrected chi connectivity index (χ1v) is 6.58. The van der Waals surface area contributed by atoms with E-state index >= 15 is 0 Å². The molecule has 1 saturated carbocycles. The molecule has 0 unspecified atom stereocenters. The molecular weight excluding hydrogens is 263 g/mol. The van der Waals surface area contributed by atoms with Crippen LogP contribution in [0.3, 0.4) is 0 Å². The van der Waals surface area contributed by atoms with Gasteiger partial charge >= 0.3 is 5.97 Å². The van der Waals surface area contributed by atoms with Crippen molar-refractivity contribution in [3.05, 3.63) is 29.6 Å². The van der Waals surface area contributed by atoms with E-state index in [-0.39, 0.29) is 29.8 Å². The third-order valence-corrected chi connectivity index (χ3v) is 3.29. The van der Waals surface area contributed by atoms with Gasteiger partial charge in [-0.25, -0.2) is 9.18 Å². The lowest BCUT2D eigenvalue weighted by atomic mass is 10.2. The van der Waals surface area contributed by atoms with Crippen molar-refractivity contribution in [2.75, 3.05) is 12.3 Å². The summed E-state index contributed by atoms with van der Waals surface area (Å²) in [5.41, 5.74) is 5.61. The number of nitrogen functional groups attached to an aromatic ring is 1. The Bertz CT molecular complexity index is 513. The number of nitrogens with one attached hydrogen (secondary N) is 1. The van der Waals surface area contributed by atoms with E-state index < -0.39 is 11.8 Å². The van der Waals surface area contributed by atoms with Crippen molar-refractivity contribution in [1.29, 1.82) is 0 Å². The number of hydrogen-bond donors (Lipinski definition) is 2. The van der Waals surface area contributed by atoms with Crippen molar-refractivity contribution in [3.8, 4) is 0 Å². The number of esters is 1. The van der Waals surface area contributed by atoms with Crippen molar-refractivity contribution in [3.63, 3.8) is 0 Å². The van der Waals surface area contributed by atoms with Crippen molar-refractivity contribution >= 4 is 17.6 Å². The fourth-order valence-corrected chi connectivity index (χ4v) is 2.25. The Labute approximate surface area is 116 Å². The van der Waals surface area contributed by atoms with Gasteiger partial charge in [0.2, 0.25) is 0 Å². The maximum absolute atomic E-state index is 13.0. The van der Waals surface area contributed by atoms with Gasteiger partial charge in [0.15, 0.2) is 6.61 Å². The molecule has 0 heterocycles. The van der Waals surface area contributed by atoms with Gasteiger partial charge < -0.3 is 15.8 Å². The second-order valence-electron chi connectivity index (χ2n) is 4.86. The Morgan fingerprint density at radius 1 is 1.35 bits per heavy atom. The van der Waals surface area contributed by atoms with Crippen LogP contribution < -0.4 is 11.1 Å². The van der Waals surface area contributed by atoms with Crippen LogP contribution in [0.4, 0.5) is 10.1 Å². The summed E-state index contributed by atoms with van der Waals surface area (Å²) < 4.78 is 17.9. The van der Waals surface area contributed by atoms with Gasteiger partial charge in [-0.2, -0.15) is 0 Å². The number of carbonyl (C=O) groups excluding carboxylic acids is 2. The van der Waals surface area contributed by atoms with E-state index in [1.54, 1.807) is 0 Å². The Kier molecular flexibility index (Phi) is 4.55. The average molecular weight is 280 g/mol. The number of carbonyl (C=O) groups is 2. The number of hydrogen-bond acceptors (Lipinski definition) is 4. The van der Waals surface area contributed by atoms with Crippen molar-refractivity contribution < 1.29 is 18.7 Å². The van der Waals surface area contributed by atoms with Crippen LogP contribution >= 0.6 is 0 Å². The SMILES string of the molecule is Nc1ccc(F)cc1C(=O)OCC(=O)NC1CCCC1. The predicted octanol–water partition coefficient (Wildman–Crippen LogP) is 1.62.